The van der Waals surface area contributed by atoms with E-state index < -0.39 is 12.5 Å². The minimum absolute atomic E-state index is 0.0541. The summed E-state index contributed by atoms with van der Waals surface area (Å²) in [6.45, 7) is -2.65. The van der Waals surface area contributed by atoms with Gasteiger partial charge in [-0.3, -0.25) is 14.9 Å². The van der Waals surface area contributed by atoms with Gasteiger partial charge < -0.3 is 9.64 Å². The number of alkyl halides is 2. The van der Waals surface area contributed by atoms with Gasteiger partial charge in [0, 0.05) is 22.0 Å². The van der Waals surface area contributed by atoms with Crippen LogP contribution in [0, 0.1) is 0 Å². The summed E-state index contributed by atoms with van der Waals surface area (Å²) in [7, 11) is 0. The Hall–Kier alpha value is -2.62. The van der Waals surface area contributed by atoms with Crippen molar-refractivity contribution < 1.29 is 23.1 Å². The molecule has 0 bridgehead atoms. The van der Waals surface area contributed by atoms with Gasteiger partial charge in [0.15, 0.2) is 5.75 Å². The topological polar surface area (TPSA) is 84.4 Å². The SMILES string of the molecule is O=C(CN1CC2(CC2)c2cc(Br)ccc2C1=O)Nc1ncc(OC(F)F)cn1. The van der Waals surface area contributed by atoms with Gasteiger partial charge in [-0.1, -0.05) is 15.9 Å². The number of aromatic nitrogens is 2. The third-order valence-corrected chi connectivity index (χ3v) is 5.35. The monoisotopic (exact) mass is 452 g/mol. The molecular weight excluding hydrogens is 438 g/mol. The van der Waals surface area contributed by atoms with Gasteiger partial charge in [-0.25, -0.2) is 9.97 Å². The number of carbonyl (C=O) groups excluding carboxylic acids is 2. The van der Waals surface area contributed by atoms with Gasteiger partial charge >= 0.3 is 6.61 Å². The van der Waals surface area contributed by atoms with Crippen LogP contribution < -0.4 is 10.1 Å². The number of rotatable bonds is 5. The highest BCUT2D eigenvalue weighted by Crippen LogP contribution is 2.52. The van der Waals surface area contributed by atoms with Crippen molar-refractivity contribution in [2.75, 3.05) is 18.4 Å². The molecule has 10 heteroatoms. The van der Waals surface area contributed by atoms with E-state index in [9.17, 15) is 18.4 Å². The van der Waals surface area contributed by atoms with Crippen LogP contribution in [0.1, 0.15) is 28.8 Å². The molecule has 1 spiro atoms. The van der Waals surface area contributed by atoms with E-state index in [0.29, 0.717) is 12.1 Å². The molecule has 4 rings (SSSR count). The molecule has 1 N–H and O–H groups in total. The van der Waals surface area contributed by atoms with E-state index in [-0.39, 0.29) is 29.6 Å². The standard InChI is InChI=1S/C18H15BrF2N4O3/c19-10-1-2-12-13(5-10)18(3-4-18)9-25(15(12)27)8-14(26)24-17-22-6-11(7-23-17)28-16(20)21/h1-2,5-7,16H,3-4,8-9H2,(H,22,23,24,26). The summed E-state index contributed by atoms with van der Waals surface area (Å²) >= 11 is 3.45. The Morgan fingerprint density at radius 3 is 2.68 bits per heavy atom. The molecule has 7 nitrogen and oxygen atoms in total. The molecule has 2 aliphatic rings. The zero-order chi connectivity index (χ0) is 19.9. The second-order valence-corrected chi connectivity index (χ2v) is 7.72. The molecule has 146 valence electrons. The molecule has 0 radical (unpaired) electrons. The van der Waals surface area contributed by atoms with Crippen molar-refractivity contribution in [3.8, 4) is 5.75 Å². The van der Waals surface area contributed by atoms with E-state index in [1.165, 1.54) is 4.90 Å². The van der Waals surface area contributed by atoms with Crippen LogP contribution in [-0.4, -0.2) is 46.4 Å². The number of anilines is 1. The zero-order valence-electron chi connectivity index (χ0n) is 14.5. The van der Waals surface area contributed by atoms with Crippen molar-refractivity contribution in [1.82, 2.24) is 14.9 Å². The zero-order valence-corrected chi connectivity index (χ0v) is 16.1. The van der Waals surface area contributed by atoms with E-state index in [1.54, 1.807) is 6.07 Å². The molecule has 1 aromatic heterocycles. The second kappa shape index (κ2) is 7.08. The maximum Gasteiger partial charge on any atom is 0.387 e. The first-order valence-electron chi connectivity index (χ1n) is 8.52. The van der Waals surface area contributed by atoms with Crippen molar-refractivity contribution in [3.63, 3.8) is 0 Å². The summed E-state index contributed by atoms with van der Waals surface area (Å²) < 4.78 is 29.4. The quantitative estimate of drug-likeness (QED) is 0.753. The highest BCUT2D eigenvalue weighted by molar-refractivity contribution is 9.10. The van der Waals surface area contributed by atoms with Crippen molar-refractivity contribution in [2.24, 2.45) is 0 Å². The van der Waals surface area contributed by atoms with E-state index in [1.807, 2.05) is 12.1 Å². The lowest BCUT2D eigenvalue weighted by molar-refractivity contribution is -0.117. The Labute approximate surface area is 167 Å². The molecule has 1 aliphatic carbocycles. The average molecular weight is 453 g/mol. The molecule has 0 saturated heterocycles. The van der Waals surface area contributed by atoms with Gasteiger partial charge in [0.05, 0.1) is 12.4 Å². The Morgan fingerprint density at radius 2 is 2.04 bits per heavy atom. The van der Waals surface area contributed by atoms with Crippen LogP contribution in [0.25, 0.3) is 0 Å². The molecule has 0 unspecified atom stereocenters. The van der Waals surface area contributed by atoms with Crippen molar-refractivity contribution in [1.29, 1.82) is 0 Å². The van der Waals surface area contributed by atoms with Crippen molar-refractivity contribution in [2.45, 2.75) is 24.9 Å². The fraction of sp³-hybridized carbons (Fsp3) is 0.333. The van der Waals surface area contributed by atoms with Crippen LogP contribution in [0.2, 0.25) is 0 Å². The summed E-state index contributed by atoms with van der Waals surface area (Å²) in [6, 6.07) is 5.57. The number of ether oxygens (including phenoxy) is 1. The second-order valence-electron chi connectivity index (χ2n) is 6.80. The fourth-order valence-electron chi connectivity index (χ4n) is 3.42. The number of nitrogens with one attached hydrogen (secondary N) is 1. The number of hydrogen-bond donors (Lipinski definition) is 1. The first kappa shape index (κ1) is 18.7. The van der Waals surface area contributed by atoms with Gasteiger partial charge in [0.1, 0.15) is 6.54 Å². The van der Waals surface area contributed by atoms with Crippen LogP contribution >= 0.6 is 15.9 Å². The summed E-state index contributed by atoms with van der Waals surface area (Å²) in [4.78, 5) is 34.2. The minimum atomic E-state index is -2.98. The third kappa shape index (κ3) is 3.68. The first-order valence-corrected chi connectivity index (χ1v) is 9.32. The van der Waals surface area contributed by atoms with Gasteiger partial charge in [0.2, 0.25) is 11.9 Å². The predicted octanol–water partition coefficient (Wildman–Crippen LogP) is 2.97. The third-order valence-electron chi connectivity index (χ3n) is 4.86. The van der Waals surface area contributed by atoms with Gasteiger partial charge in [0.25, 0.3) is 5.91 Å². The maximum absolute atomic E-state index is 12.8. The maximum atomic E-state index is 12.8. The lowest BCUT2D eigenvalue weighted by Gasteiger charge is -2.34. The van der Waals surface area contributed by atoms with Crippen LogP contribution in [0.4, 0.5) is 14.7 Å². The molecular formula is C18H15BrF2N4O3. The van der Waals surface area contributed by atoms with E-state index >= 15 is 0 Å². The number of hydrogen-bond acceptors (Lipinski definition) is 5. The molecule has 2 heterocycles. The predicted molar refractivity (Wildman–Crippen MR) is 98.3 cm³/mol. The summed E-state index contributed by atoms with van der Waals surface area (Å²) in [5.41, 5.74) is 1.56. The highest BCUT2D eigenvalue weighted by Gasteiger charge is 2.51. The van der Waals surface area contributed by atoms with Gasteiger partial charge in [-0.2, -0.15) is 8.78 Å². The Balaban J connectivity index is 1.44. The molecule has 2 aromatic rings. The Morgan fingerprint density at radius 1 is 1.32 bits per heavy atom. The smallest absolute Gasteiger partial charge is 0.387 e. The molecule has 1 fully saturated rings. The number of nitrogens with zero attached hydrogens (tertiary/aromatic N) is 3. The van der Waals surface area contributed by atoms with E-state index in [0.717, 1.165) is 35.3 Å². The van der Waals surface area contributed by atoms with Crippen molar-refractivity contribution in [3.05, 3.63) is 46.2 Å². The van der Waals surface area contributed by atoms with Crippen LogP contribution in [0.5, 0.6) is 5.75 Å². The number of amides is 2. The summed E-state index contributed by atoms with van der Waals surface area (Å²) in [5, 5.41) is 2.47. The normalized spacial score (nSPS) is 16.9. The molecule has 0 atom stereocenters. The largest absolute Gasteiger partial charge is 0.432 e. The van der Waals surface area contributed by atoms with Crippen molar-refractivity contribution >= 4 is 33.7 Å². The molecule has 1 saturated carbocycles. The van der Waals surface area contributed by atoms with Crippen LogP contribution in [-0.2, 0) is 10.2 Å². The Bertz CT molecular complexity index is 935. The number of carbonyl (C=O) groups is 2. The summed E-state index contributed by atoms with van der Waals surface area (Å²) in [5.74, 6) is -0.928. The molecule has 1 aliphatic heterocycles. The van der Waals surface area contributed by atoms with E-state index in [4.69, 9.17) is 0 Å². The summed E-state index contributed by atoms with van der Waals surface area (Å²) in [6.07, 6.45) is 4.01. The van der Waals surface area contributed by atoms with Gasteiger partial charge in [-0.05, 0) is 36.6 Å². The number of halogens is 3. The van der Waals surface area contributed by atoms with Crippen LogP contribution in [0.15, 0.2) is 35.1 Å². The van der Waals surface area contributed by atoms with E-state index in [2.05, 4.69) is 36.0 Å². The minimum Gasteiger partial charge on any atom is -0.432 e. The Kier molecular flexibility index (Phi) is 4.74. The molecule has 28 heavy (non-hydrogen) atoms. The van der Waals surface area contributed by atoms with Gasteiger partial charge in [-0.15, -0.1) is 0 Å². The first-order chi connectivity index (χ1) is 13.4. The number of fused-ring (bicyclic) bond motifs is 2. The lowest BCUT2D eigenvalue weighted by atomic mass is 9.86. The molecule has 1 aromatic carbocycles. The molecule has 2 amide bonds. The fourth-order valence-corrected chi connectivity index (χ4v) is 3.78. The van der Waals surface area contributed by atoms with Crippen LogP contribution in [0.3, 0.4) is 0 Å². The highest BCUT2D eigenvalue weighted by atomic mass is 79.9. The number of benzene rings is 1. The lowest BCUT2D eigenvalue weighted by Crippen LogP contribution is -2.46. The average Bonchev–Trinajstić information content (AvgIpc) is 3.41.